The van der Waals surface area contributed by atoms with Crippen molar-refractivity contribution >= 4 is 34.2 Å². The molecule has 148 valence electrons. The highest BCUT2D eigenvalue weighted by Gasteiger charge is 2.15. The first-order valence-corrected chi connectivity index (χ1v) is 9.73. The van der Waals surface area contributed by atoms with Crippen LogP contribution >= 0.6 is 11.6 Å². The first-order valence-electron chi connectivity index (χ1n) is 9.36. The van der Waals surface area contributed by atoms with E-state index in [2.05, 4.69) is 39.1 Å². The minimum Gasteiger partial charge on any atom is -0.496 e. The first kappa shape index (κ1) is 19.1. The highest BCUT2D eigenvalue weighted by Crippen LogP contribution is 2.33. The van der Waals surface area contributed by atoms with Crippen molar-refractivity contribution in [3.05, 3.63) is 65.2 Å². The number of amides is 1. The van der Waals surface area contributed by atoms with Crippen LogP contribution < -0.4 is 10.1 Å². The summed E-state index contributed by atoms with van der Waals surface area (Å²) in [6, 6.07) is 17.2. The molecule has 0 radical (unpaired) electrons. The van der Waals surface area contributed by atoms with Gasteiger partial charge in [-0.15, -0.1) is 0 Å². The molecular formula is C22H21ClN4O2. The Labute approximate surface area is 173 Å². The Morgan fingerprint density at radius 2 is 2.03 bits per heavy atom. The van der Waals surface area contributed by atoms with Gasteiger partial charge in [-0.25, -0.2) is 0 Å². The summed E-state index contributed by atoms with van der Waals surface area (Å²) in [5.74, 6) is 1.12. The van der Waals surface area contributed by atoms with E-state index in [1.807, 2.05) is 36.4 Å². The van der Waals surface area contributed by atoms with Gasteiger partial charge in [-0.2, -0.15) is 5.10 Å². The molecule has 0 saturated carbocycles. The van der Waals surface area contributed by atoms with E-state index in [1.54, 1.807) is 13.2 Å². The quantitative estimate of drug-likeness (QED) is 0.477. The van der Waals surface area contributed by atoms with E-state index in [4.69, 9.17) is 16.3 Å². The third kappa shape index (κ3) is 3.71. The number of fused-ring (bicyclic) bond motifs is 1. The molecule has 0 bridgehead atoms. The Bertz CT molecular complexity index is 1180. The van der Waals surface area contributed by atoms with Crippen LogP contribution in [0.3, 0.4) is 0 Å². The highest BCUT2D eigenvalue weighted by molar-refractivity contribution is 6.31. The Morgan fingerprint density at radius 1 is 1.21 bits per heavy atom. The molecule has 0 unspecified atom stereocenters. The summed E-state index contributed by atoms with van der Waals surface area (Å²) in [7, 11) is 1.67. The molecule has 4 aromatic rings. The zero-order chi connectivity index (χ0) is 20.4. The van der Waals surface area contributed by atoms with Gasteiger partial charge in [-0.05, 0) is 36.8 Å². The summed E-state index contributed by atoms with van der Waals surface area (Å²) in [4.78, 5) is 12.4. The molecule has 6 nitrogen and oxygen atoms in total. The number of ether oxygens (including phenoxy) is 1. The van der Waals surface area contributed by atoms with Crippen molar-refractivity contribution in [2.24, 2.45) is 0 Å². The average molecular weight is 409 g/mol. The smallest absolute Gasteiger partial charge is 0.230 e. The van der Waals surface area contributed by atoms with Crippen molar-refractivity contribution in [3.63, 3.8) is 0 Å². The largest absolute Gasteiger partial charge is 0.496 e. The Morgan fingerprint density at radius 3 is 2.79 bits per heavy atom. The maximum atomic E-state index is 12.4. The van der Waals surface area contributed by atoms with Crippen molar-refractivity contribution in [2.75, 3.05) is 12.4 Å². The minimum atomic E-state index is -0.172. The predicted molar refractivity (Wildman–Crippen MR) is 116 cm³/mol. The third-order valence-corrected chi connectivity index (χ3v) is 5.24. The normalized spacial score (nSPS) is 11.0. The van der Waals surface area contributed by atoms with Gasteiger partial charge >= 0.3 is 0 Å². The number of benzene rings is 2. The van der Waals surface area contributed by atoms with Gasteiger partial charge in [0.15, 0.2) is 5.82 Å². The molecule has 2 N–H and O–H groups in total. The number of hydrogen-bond acceptors (Lipinski definition) is 3. The van der Waals surface area contributed by atoms with Crippen molar-refractivity contribution in [2.45, 2.75) is 19.9 Å². The topological polar surface area (TPSA) is 71.9 Å². The number of hydrogen-bond donors (Lipinski definition) is 2. The summed E-state index contributed by atoms with van der Waals surface area (Å²) >= 11 is 6.14. The van der Waals surface area contributed by atoms with E-state index in [-0.39, 0.29) is 12.3 Å². The number of rotatable bonds is 6. The average Bonchev–Trinajstić information content (AvgIpc) is 3.33. The van der Waals surface area contributed by atoms with E-state index < -0.39 is 0 Å². The molecule has 0 aliphatic carbocycles. The molecule has 2 aromatic heterocycles. The fraction of sp³-hybridized carbons (Fsp3) is 0.182. The van der Waals surface area contributed by atoms with Crippen LogP contribution in [0.2, 0.25) is 5.02 Å². The Hall–Kier alpha value is -3.25. The van der Waals surface area contributed by atoms with Crippen LogP contribution in [0, 0.1) is 0 Å². The lowest BCUT2D eigenvalue weighted by atomic mass is 10.1. The molecular weight excluding hydrogens is 388 g/mol. The lowest BCUT2D eigenvalue weighted by molar-refractivity contribution is -0.115. The minimum absolute atomic E-state index is 0.172. The third-order valence-electron chi connectivity index (χ3n) is 4.87. The summed E-state index contributed by atoms with van der Waals surface area (Å²) in [5.41, 5.74) is 3.66. The second-order valence-corrected chi connectivity index (χ2v) is 7.06. The summed E-state index contributed by atoms with van der Waals surface area (Å²) in [5, 5.41) is 11.7. The zero-order valence-corrected chi connectivity index (χ0v) is 17.0. The summed E-state index contributed by atoms with van der Waals surface area (Å²) < 4.78 is 7.67. The molecule has 1 amide bonds. The van der Waals surface area contributed by atoms with Crippen molar-refractivity contribution < 1.29 is 9.53 Å². The van der Waals surface area contributed by atoms with E-state index in [9.17, 15) is 4.79 Å². The highest BCUT2D eigenvalue weighted by atomic mass is 35.5. The second kappa shape index (κ2) is 8.01. The van der Waals surface area contributed by atoms with Gasteiger partial charge in [0.05, 0.1) is 30.4 Å². The molecule has 29 heavy (non-hydrogen) atoms. The van der Waals surface area contributed by atoms with Gasteiger partial charge in [0.25, 0.3) is 0 Å². The van der Waals surface area contributed by atoms with Gasteiger partial charge in [0.2, 0.25) is 5.91 Å². The van der Waals surface area contributed by atoms with Crippen molar-refractivity contribution in [1.82, 2.24) is 14.8 Å². The van der Waals surface area contributed by atoms with Gasteiger partial charge in [-0.1, -0.05) is 35.9 Å². The first-order chi connectivity index (χ1) is 14.1. The van der Waals surface area contributed by atoms with E-state index in [1.165, 1.54) is 0 Å². The van der Waals surface area contributed by atoms with E-state index in [0.717, 1.165) is 40.1 Å². The standard InChI is InChI=1S/C22H21ClN4O2/c1-3-27-18-9-6-10-20(29-2)15(18)12-19(27)17-13-21(26-25-17)24-22(28)11-14-7-4-5-8-16(14)23/h4-10,12-13H,3,11H2,1-2H3,(H2,24,25,26,28). The molecule has 0 aliphatic heterocycles. The van der Waals surface area contributed by atoms with Gasteiger partial charge < -0.3 is 14.6 Å². The van der Waals surface area contributed by atoms with E-state index in [0.29, 0.717) is 10.8 Å². The summed E-state index contributed by atoms with van der Waals surface area (Å²) in [6.45, 7) is 2.88. The number of halogens is 1. The molecule has 7 heteroatoms. The molecule has 4 rings (SSSR count). The van der Waals surface area contributed by atoms with Crippen LogP contribution in [0.1, 0.15) is 12.5 Å². The molecule has 2 heterocycles. The van der Waals surface area contributed by atoms with E-state index >= 15 is 0 Å². The lowest BCUT2D eigenvalue weighted by Crippen LogP contribution is -2.14. The van der Waals surface area contributed by atoms with Crippen LogP contribution in [-0.2, 0) is 17.8 Å². The van der Waals surface area contributed by atoms with Crippen LogP contribution in [-0.4, -0.2) is 27.8 Å². The zero-order valence-electron chi connectivity index (χ0n) is 16.2. The number of methoxy groups -OCH3 is 1. The van der Waals surface area contributed by atoms with Gasteiger partial charge in [0, 0.05) is 23.0 Å². The number of aromatic nitrogens is 3. The number of anilines is 1. The Balaban J connectivity index is 1.59. The molecule has 0 aliphatic rings. The lowest BCUT2D eigenvalue weighted by Gasteiger charge is -2.06. The number of H-pyrrole nitrogens is 1. The van der Waals surface area contributed by atoms with Gasteiger partial charge in [0.1, 0.15) is 5.75 Å². The SMILES string of the molecule is CCn1c(-c2cc(NC(=O)Cc3ccccc3Cl)n[nH]2)cc2c(OC)cccc21. The predicted octanol–water partition coefficient (Wildman–Crippen LogP) is 4.89. The van der Waals surface area contributed by atoms with Crippen LogP contribution in [0.15, 0.2) is 54.6 Å². The molecule has 0 saturated heterocycles. The fourth-order valence-electron chi connectivity index (χ4n) is 3.52. The second-order valence-electron chi connectivity index (χ2n) is 6.65. The number of aryl methyl sites for hydroxylation is 1. The maximum Gasteiger partial charge on any atom is 0.230 e. The van der Waals surface area contributed by atoms with Crippen molar-refractivity contribution in [1.29, 1.82) is 0 Å². The fourth-order valence-corrected chi connectivity index (χ4v) is 3.72. The number of nitrogens with zero attached hydrogens (tertiary/aromatic N) is 2. The number of carbonyl (C=O) groups is 1. The molecule has 0 fully saturated rings. The molecule has 2 aromatic carbocycles. The van der Waals surface area contributed by atoms with Crippen LogP contribution in [0.5, 0.6) is 5.75 Å². The number of carbonyl (C=O) groups excluding carboxylic acids is 1. The summed E-state index contributed by atoms with van der Waals surface area (Å²) in [6.07, 6.45) is 0.189. The van der Waals surface area contributed by atoms with Crippen LogP contribution in [0.25, 0.3) is 22.3 Å². The van der Waals surface area contributed by atoms with Gasteiger partial charge in [-0.3, -0.25) is 9.89 Å². The Kier molecular flexibility index (Phi) is 5.27. The number of aromatic amines is 1. The van der Waals surface area contributed by atoms with Crippen LogP contribution in [0.4, 0.5) is 5.82 Å². The molecule has 0 atom stereocenters. The number of nitrogens with one attached hydrogen (secondary N) is 2. The van der Waals surface area contributed by atoms with Crippen molar-refractivity contribution in [3.8, 4) is 17.1 Å². The monoisotopic (exact) mass is 408 g/mol. The molecule has 0 spiro atoms. The maximum absolute atomic E-state index is 12.4.